The molecule has 0 saturated carbocycles. The summed E-state index contributed by atoms with van der Waals surface area (Å²) < 4.78 is 1.17. The smallest absolute Gasteiger partial charge is 0.126 e. The van der Waals surface area contributed by atoms with Crippen LogP contribution in [0.4, 0.5) is 5.69 Å². The third-order valence-electron chi connectivity index (χ3n) is 8.72. The van der Waals surface area contributed by atoms with Gasteiger partial charge in [0, 0.05) is 17.3 Å². The second-order valence-corrected chi connectivity index (χ2v) is 16.2. The van der Waals surface area contributed by atoms with Gasteiger partial charge >= 0.3 is 0 Å². The van der Waals surface area contributed by atoms with E-state index in [1.807, 2.05) is 6.21 Å². The highest BCUT2D eigenvalue weighted by Gasteiger charge is 2.20. The maximum absolute atomic E-state index is 5.23. The molecule has 0 aliphatic carbocycles. The number of hydrogen-bond donors (Lipinski definition) is 0. The molecule has 1 aromatic heterocycles. The number of fused-ring (bicyclic) bond motifs is 1. The zero-order valence-electron chi connectivity index (χ0n) is 29.1. The lowest BCUT2D eigenvalue weighted by atomic mass is 9.79. The topological polar surface area (TPSA) is 25.2 Å². The molecule has 0 amide bonds. The van der Waals surface area contributed by atoms with Crippen molar-refractivity contribution in [2.75, 3.05) is 0 Å². The number of rotatable bonds is 7. The van der Waals surface area contributed by atoms with E-state index in [2.05, 4.69) is 165 Å². The summed E-state index contributed by atoms with van der Waals surface area (Å²) in [6.07, 6.45) is 3.13. The Bertz CT molecular complexity index is 2000. The van der Waals surface area contributed by atoms with E-state index in [1.54, 1.807) is 11.3 Å². The normalized spacial score (nSPS) is 12.4. The molecule has 0 atom stereocenters. The Morgan fingerprint density at radius 2 is 1.23 bits per heavy atom. The fourth-order valence-corrected chi connectivity index (χ4v) is 6.97. The highest BCUT2D eigenvalue weighted by Crippen LogP contribution is 2.39. The van der Waals surface area contributed by atoms with E-state index in [0.29, 0.717) is 5.92 Å². The molecule has 0 aliphatic rings. The lowest BCUT2D eigenvalue weighted by Crippen LogP contribution is -2.17. The first-order valence-corrected chi connectivity index (χ1v) is 17.6. The van der Waals surface area contributed by atoms with Gasteiger partial charge in [-0.25, -0.2) is 4.98 Å². The van der Waals surface area contributed by atoms with Crippen molar-refractivity contribution in [1.29, 1.82) is 0 Å². The van der Waals surface area contributed by atoms with Crippen LogP contribution >= 0.6 is 11.3 Å². The molecule has 6 aromatic rings. The molecular weight excluding hydrogens is 589 g/mol. The van der Waals surface area contributed by atoms with Crippen LogP contribution in [0.2, 0.25) is 0 Å². The van der Waals surface area contributed by atoms with E-state index in [9.17, 15) is 0 Å². The molecule has 0 aliphatic heterocycles. The number of aliphatic imine (C=N–C) groups is 1. The molecule has 5 aromatic carbocycles. The Morgan fingerprint density at radius 3 is 1.85 bits per heavy atom. The van der Waals surface area contributed by atoms with Crippen LogP contribution in [0.1, 0.15) is 77.6 Å². The molecule has 0 unspecified atom stereocenters. The molecule has 0 radical (unpaired) electrons. The third-order valence-corrected chi connectivity index (χ3v) is 9.77. The molecule has 3 heteroatoms. The van der Waals surface area contributed by atoms with Crippen LogP contribution in [0.25, 0.3) is 43.0 Å². The van der Waals surface area contributed by atoms with Crippen LogP contribution < -0.4 is 0 Å². The number of para-hydroxylation sites is 2. The second kappa shape index (κ2) is 13.0. The zero-order valence-corrected chi connectivity index (χ0v) is 29.9. The highest BCUT2D eigenvalue weighted by atomic mass is 32.1. The summed E-state index contributed by atoms with van der Waals surface area (Å²) in [5.74, 6) is 0.661. The Labute approximate surface area is 285 Å². The summed E-state index contributed by atoms with van der Waals surface area (Å²) in [4.78, 5) is 10.3. The maximum Gasteiger partial charge on any atom is 0.126 e. The Kier molecular flexibility index (Phi) is 9.05. The van der Waals surface area contributed by atoms with Gasteiger partial charge in [0.2, 0.25) is 0 Å². The monoisotopic (exact) mass is 634 g/mol. The average molecular weight is 635 g/mol. The van der Waals surface area contributed by atoms with Crippen molar-refractivity contribution in [3.8, 4) is 32.8 Å². The Hall–Kier alpha value is -4.34. The van der Waals surface area contributed by atoms with Crippen LogP contribution in [0, 0.1) is 5.92 Å². The standard InChI is InChI=1S/C44H46N2S/c1-29(2)24-30-16-18-32(19-17-30)33-20-22-34(23-21-33)37-13-11-15-40-41(37)46-42(47-40)38-12-9-10-14-39(38)45-28-31-25-35(43(3,4)5)27-36(26-31)44(6,7)8/h9-23,25-29H,24H2,1-8H3. The first kappa shape index (κ1) is 32.6. The number of thiazole rings is 1. The predicted octanol–water partition coefficient (Wildman–Crippen LogP) is 12.8. The molecule has 0 spiro atoms. The van der Waals surface area contributed by atoms with E-state index in [0.717, 1.165) is 39.3 Å². The second-order valence-electron chi connectivity index (χ2n) is 15.2. The van der Waals surface area contributed by atoms with Crippen molar-refractivity contribution in [3.63, 3.8) is 0 Å². The van der Waals surface area contributed by atoms with Gasteiger partial charge in [0.15, 0.2) is 0 Å². The largest absolute Gasteiger partial charge is 0.256 e. The number of hydrogen-bond acceptors (Lipinski definition) is 3. The minimum Gasteiger partial charge on any atom is -0.256 e. The molecule has 0 N–H and O–H groups in total. The quantitative estimate of drug-likeness (QED) is 0.160. The number of aromatic nitrogens is 1. The third kappa shape index (κ3) is 7.47. The highest BCUT2D eigenvalue weighted by molar-refractivity contribution is 7.21. The van der Waals surface area contributed by atoms with Gasteiger partial charge in [0.1, 0.15) is 5.01 Å². The minimum absolute atomic E-state index is 0.0551. The molecular formula is C44H46N2S. The van der Waals surface area contributed by atoms with Crippen molar-refractivity contribution >= 4 is 33.5 Å². The van der Waals surface area contributed by atoms with Crippen molar-refractivity contribution < 1.29 is 0 Å². The number of nitrogens with zero attached hydrogens (tertiary/aromatic N) is 2. The summed E-state index contributed by atoms with van der Waals surface area (Å²) in [6.45, 7) is 18.2. The van der Waals surface area contributed by atoms with E-state index in [-0.39, 0.29) is 10.8 Å². The summed E-state index contributed by atoms with van der Waals surface area (Å²) in [5, 5.41) is 0.983. The molecule has 6 rings (SSSR count). The predicted molar refractivity (Wildman–Crippen MR) is 206 cm³/mol. The van der Waals surface area contributed by atoms with Gasteiger partial charge in [-0.3, -0.25) is 4.99 Å². The van der Waals surface area contributed by atoms with E-state index in [1.165, 1.54) is 38.1 Å². The van der Waals surface area contributed by atoms with E-state index >= 15 is 0 Å². The summed E-state index contributed by atoms with van der Waals surface area (Å²) in [7, 11) is 0. The number of benzene rings is 5. The van der Waals surface area contributed by atoms with Crippen LogP contribution in [0.3, 0.4) is 0 Å². The molecule has 1 heterocycles. The lowest BCUT2D eigenvalue weighted by Gasteiger charge is -2.25. The van der Waals surface area contributed by atoms with Crippen LogP contribution in [0.5, 0.6) is 0 Å². The molecule has 47 heavy (non-hydrogen) atoms. The van der Waals surface area contributed by atoms with Gasteiger partial charge in [0.25, 0.3) is 0 Å². The van der Waals surface area contributed by atoms with Crippen molar-refractivity contribution in [2.45, 2.75) is 72.6 Å². The van der Waals surface area contributed by atoms with E-state index < -0.39 is 0 Å². The van der Waals surface area contributed by atoms with Gasteiger partial charge in [-0.2, -0.15) is 0 Å². The van der Waals surface area contributed by atoms with Gasteiger partial charge < -0.3 is 0 Å². The SMILES string of the molecule is CC(C)Cc1ccc(-c2ccc(-c3cccc4sc(-c5ccccc5N=Cc5cc(C(C)(C)C)cc(C(C)(C)C)c5)nc34)cc2)cc1. The fourth-order valence-electron chi connectivity index (χ4n) is 5.95. The van der Waals surface area contributed by atoms with Crippen LogP contribution in [-0.4, -0.2) is 11.2 Å². The zero-order chi connectivity index (χ0) is 33.3. The van der Waals surface area contributed by atoms with Gasteiger partial charge in [-0.05, 0) is 92.4 Å². The summed E-state index contributed by atoms with van der Waals surface area (Å²) in [6, 6.07) is 39.6. The van der Waals surface area contributed by atoms with E-state index in [4.69, 9.17) is 9.98 Å². The van der Waals surface area contributed by atoms with Crippen molar-refractivity contribution in [1.82, 2.24) is 4.98 Å². The minimum atomic E-state index is 0.0551. The van der Waals surface area contributed by atoms with Gasteiger partial charge in [0.05, 0.1) is 15.9 Å². The first-order valence-electron chi connectivity index (χ1n) is 16.7. The summed E-state index contributed by atoms with van der Waals surface area (Å²) in [5.41, 5.74) is 13.1. The Balaban J connectivity index is 1.31. The average Bonchev–Trinajstić information content (AvgIpc) is 3.48. The maximum atomic E-state index is 5.23. The lowest BCUT2D eigenvalue weighted by molar-refractivity contribution is 0.568. The molecule has 2 nitrogen and oxygen atoms in total. The van der Waals surface area contributed by atoms with Gasteiger partial charge in [-0.1, -0.05) is 134 Å². The van der Waals surface area contributed by atoms with Crippen molar-refractivity contribution in [3.05, 3.63) is 131 Å². The molecule has 0 bridgehead atoms. The molecule has 238 valence electrons. The Morgan fingerprint density at radius 1 is 0.660 bits per heavy atom. The molecule has 0 saturated heterocycles. The first-order chi connectivity index (χ1) is 22.3. The van der Waals surface area contributed by atoms with Crippen LogP contribution in [-0.2, 0) is 17.3 Å². The van der Waals surface area contributed by atoms with Gasteiger partial charge in [-0.15, -0.1) is 11.3 Å². The molecule has 0 fully saturated rings. The van der Waals surface area contributed by atoms with Crippen LogP contribution in [0.15, 0.2) is 114 Å². The van der Waals surface area contributed by atoms with Crippen molar-refractivity contribution in [2.24, 2.45) is 10.9 Å². The summed E-state index contributed by atoms with van der Waals surface area (Å²) >= 11 is 1.73. The fraction of sp³-hybridized carbons (Fsp3) is 0.273.